The number of hydrogen-bond donors (Lipinski definition) is 4. The van der Waals surface area contributed by atoms with Crippen LogP contribution in [0, 0.1) is 0 Å². The predicted molar refractivity (Wildman–Crippen MR) is 417 cm³/mol. The molecule has 0 aromatic carbocycles. The van der Waals surface area contributed by atoms with Gasteiger partial charge in [-0.15, -0.1) is 0 Å². The first-order valence-electron chi connectivity index (χ1n) is 40.5. The highest BCUT2D eigenvalue weighted by Crippen LogP contribution is 2.45. The smallest absolute Gasteiger partial charge is 0.463 e. The molecule has 5 unspecified atom stereocenters. The molecule has 586 valence electrons. The summed E-state index contributed by atoms with van der Waals surface area (Å²) in [4.78, 5) is 58.6. The van der Waals surface area contributed by atoms with E-state index in [1.165, 1.54) is 161 Å². The Hall–Kier alpha value is -3.53. The Labute approximate surface area is 616 Å². The molecule has 0 aliphatic carbocycles. The van der Waals surface area contributed by atoms with Crippen molar-refractivity contribution >= 4 is 33.6 Å². The molecule has 0 saturated carbocycles. The molecule has 0 radical (unpaired) electrons. The third-order valence-corrected chi connectivity index (χ3v) is 19.2. The van der Waals surface area contributed by atoms with Gasteiger partial charge in [0.1, 0.15) is 25.4 Å². The number of phosphoric ester groups is 2. The summed E-state index contributed by atoms with van der Waals surface area (Å²) < 4.78 is 61.1. The monoisotopic (exact) mass is 1460 g/mol. The number of ether oxygens (including phenoxy) is 3. The summed E-state index contributed by atoms with van der Waals surface area (Å²) in [6.07, 6.45) is 87.5. The van der Waals surface area contributed by atoms with Crippen molar-refractivity contribution in [3.8, 4) is 0 Å². The van der Waals surface area contributed by atoms with Crippen molar-refractivity contribution in [2.75, 3.05) is 39.6 Å². The number of allylic oxidation sites excluding steroid dienone is 16. The zero-order valence-electron chi connectivity index (χ0n) is 64.1. The van der Waals surface area contributed by atoms with Crippen LogP contribution in [0.1, 0.15) is 355 Å². The van der Waals surface area contributed by atoms with Crippen LogP contribution in [0.15, 0.2) is 97.2 Å². The fourth-order valence-electron chi connectivity index (χ4n) is 11.1. The Morgan fingerprint density at radius 3 is 0.851 bits per heavy atom. The maximum atomic E-state index is 12.9. The van der Waals surface area contributed by atoms with Gasteiger partial charge in [-0.1, -0.05) is 330 Å². The van der Waals surface area contributed by atoms with Crippen LogP contribution in [0.3, 0.4) is 0 Å². The number of hydrogen-bond acceptors (Lipinski definition) is 14. The lowest BCUT2D eigenvalue weighted by Crippen LogP contribution is -2.30. The largest absolute Gasteiger partial charge is 0.472 e. The summed E-state index contributed by atoms with van der Waals surface area (Å²) in [6.45, 7) is 2.57. The molecular formula is C83H148O16P2. The maximum Gasteiger partial charge on any atom is 0.472 e. The minimum atomic E-state index is -4.93. The van der Waals surface area contributed by atoms with E-state index in [1.807, 2.05) is 0 Å². The molecule has 5 atom stereocenters. The molecule has 0 aromatic rings. The molecule has 0 aliphatic heterocycles. The van der Waals surface area contributed by atoms with E-state index in [4.69, 9.17) is 32.3 Å². The van der Waals surface area contributed by atoms with Crippen molar-refractivity contribution in [1.82, 2.24) is 0 Å². The SMILES string of the molecule is CC/C=C\C/C=C\C/C=C\C/C=C\C/C=C\CCCCCCCCCCCCCCCCCCCC(=O)OCC(O)COP(=O)(O)OCC(O)COP(=O)(O)OCC(COC(=O)CCCCCCCC/C=C\C/C=C\C/C=C\CCCCC)OC(=O)CCCCCCCCCCCCCCC. The van der Waals surface area contributed by atoms with Gasteiger partial charge in [0.05, 0.1) is 26.4 Å². The van der Waals surface area contributed by atoms with Gasteiger partial charge in [-0.3, -0.25) is 32.5 Å². The van der Waals surface area contributed by atoms with Crippen LogP contribution in [-0.2, 0) is 55.8 Å². The molecule has 0 amide bonds. The summed E-state index contributed by atoms with van der Waals surface area (Å²) in [6, 6.07) is 0. The highest BCUT2D eigenvalue weighted by atomic mass is 31.2. The number of aliphatic hydroxyl groups is 2. The number of rotatable bonds is 77. The third-order valence-electron chi connectivity index (χ3n) is 17.3. The lowest BCUT2D eigenvalue weighted by atomic mass is 10.0. The third kappa shape index (κ3) is 77.4. The lowest BCUT2D eigenvalue weighted by Gasteiger charge is -2.21. The van der Waals surface area contributed by atoms with Crippen molar-refractivity contribution in [2.24, 2.45) is 0 Å². The molecule has 0 fully saturated rings. The number of carbonyl (C=O) groups excluding carboxylic acids is 3. The van der Waals surface area contributed by atoms with Gasteiger partial charge in [-0.25, -0.2) is 9.13 Å². The van der Waals surface area contributed by atoms with Gasteiger partial charge in [-0.2, -0.15) is 0 Å². The Morgan fingerprint density at radius 2 is 0.525 bits per heavy atom. The zero-order chi connectivity index (χ0) is 73.7. The molecule has 0 bridgehead atoms. The van der Waals surface area contributed by atoms with Crippen LogP contribution in [0.5, 0.6) is 0 Å². The van der Waals surface area contributed by atoms with Gasteiger partial charge >= 0.3 is 33.6 Å². The van der Waals surface area contributed by atoms with Gasteiger partial charge < -0.3 is 34.2 Å². The van der Waals surface area contributed by atoms with E-state index in [0.29, 0.717) is 19.3 Å². The van der Waals surface area contributed by atoms with Gasteiger partial charge in [0.15, 0.2) is 6.10 Å². The summed E-state index contributed by atoms with van der Waals surface area (Å²) in [5.74, 6) is -1.57. The van der Waals surface area contributed by atoms with E-state index in [2.05, 4.69) is 118 Å². The van der Waals surface area contributed by atoms with Gasteiger partial charge in [-0.05, 0) is 103 Å². The summed E-state index contributed by atoms with van der Waals surface area (Å²) in [5.41, 5.74) is 0. The first kappa shape index (κ1) is 97.5. The van der Waals surface area contributed by atoms with Crippen LogP contribution in [0.4, 0.5) is 0 Å². The molecule has 0 heterocycles. The van der Waals surface area contributed by atoms with Gasteiger partial charge in [0.2, 0.25) is 0 Å². The fourth-order valence-corrected chi connectivity index (χ4v) is 12.7. The quantitative estimate of drug-likeness (QED) is 0.0146. The molecule has 0 aromatic heterocycles. The van der Waals surface area contributed by atoms with Crippen LogP contribution < -0.4 is 0 Å². The second kappa shape index (κ2) is 76.1. The van der Waals surface area contributed by atoms with E-state index in [1.54, 1.807) is 0 Å². The number of unbranched alkanes of at least 4 members (excludes halogenated alkanes) is 38. The van der Waals surface area contributed by atoms with Crippen molar-refractivity contribution < 1.29 is 75.8 Å². The molecular weight excluding hydrogens is 1310 g/mol. The Bertz CT molecular complexity index is 2220. The molecule has 101 heavy (non-hydrogen) atoms. The first-order valence-corrected chi connectivity index (χ1v) is 43.5. The van der Waals surface area contributed by atoms with Crippen LogP contribution >= 0.6 is 15.6 Å². The Balaban J connectivity index is 4.39. The van der Waals surface area contributed by atoms with Crippen molar-refractivity contribution in [3.63, 3.8) is 0 Å². The highest BCUT2D eigenvalue weighted by Gasteiger charge is 2.29. The van der Waals surface area contributed by atoms with Crippen molar-refractivity contribution in [3.05, 3.63) is 97.2 Å². The number of aliphatic hydroxyl groups excluding tert-OH is 2. The molecule has 18 heteroatoms. The minimum absolute atomic E-state index is 0.106. The maximum absolute atomic E-state index is 12.9. The van der Waals surface area contributed by atoms with Gasteiger partial charge in [0.25, 0.3) is 0 Å². The van der Waals surface area contributed by atoms with Gasteiger partial charge in [0, 0.05) is 19.3 Å². The van der Waals surface area contributed by atoms with Crippen molar-refractivity contribution in [1.29, 1.82) is 0 Å². The molecule has 0 spiro atoms. The summed E-state index contributed by atoms with van der Waals surface area (Å²) in [7, 11) is -9.78. The van der Waals surface area contributed by atoms with Crippen LogP contribution in [0.2, 0.25) is 0 Å². The number of carbonyl (C=O) groups is 3. The normalized spacial score (nSPS) is 14.5. The van der Waals surface area contributed by atoms with E-state index in [9.17, 15) is 43.5 Å². The van der Waals surface area contributed by atoms with Crippen molar-refractivity contribution in [2.45, 2.75) is 373 Å². The molecule has 0 saturated heterocycles. The average molecular weight is 1460 g/mol. The van der Waals surface area contributed by atoms with Crippen LogP contribution in [-0.4, -0.2) is 95.9 Å². The van der Waals surface area contributed by atoms with E-state index < -0.39 is 91.5 Å². The van der Waals surface area contributed by atoms with E-state index in [0.717, 1.165) is 135 Å². The molecule has 0 rings (SSSR count). The lowest BCUT2D eigenvalue weighted by molar-refractivity contribution is -0.161. The zero-order valence-corrected chi connectivity index (χ0v) is 65.9. The van der Waals surface area contributed by atoms with E-state index in [-0.39, 0.29) is 19.3 Å². The van der Waals surface area contributed by atoms with Crippen LogP contribution in [0.25, 0.3) is 0 Å². The minimum Gasteiger partial charge on any atom is -0.463 e. The second-order valence-electron chi connectivity index (χ2n) is 27.2. The summed E-state index contributed by atoms with van der Waals surface area (Å²) in [5, 5.41) is 20.6. The number of esters is 3. The average Bonchev–Trinajstić information content (AvgIpc) is 0.933. The second-order valence-corrected chi connectivity index (χ2v) is 30.1. The fraction of sp³-hybridized carbons (Fsp3) is 0.771. The Morgan fingerprint density at radius 1 is 0.287 bits per heavy atom. The topological polar surface area (TPSA) is 231 Å². The molecule has 4 N–H and O–H groups in total. The Kier molecular flexibility index (Phi) is 73.5. The molecule has 16 nitrogen and oxygen atoms in total. The summed E-state index contributed by atoms with van der Waals surface area (Å²) >= 11 is 0. The molecule has 0 aliphatic rings. The highest BCUT2D eigenvalue weighted by molar-refractivity contribution is 7.47. The standard InChI is InChI=1S/C83H148O16P2/c1-4-7-10-13-16-19-22-25-27-29-31-32-33-34-35-36-37-38-39-40-41-42-43-44-46-48-49-52-54-57-60-63-66-69-81(86)93-72-78(84)73-95-100(89,90)96-74-79(85)75-97-101(91,92)98-77-80(99-83(88)71-68-65-62-59-56-51-24-21-18-15-12-9-6-3)76-94-82(87)70-67-64-61-58-55-53-50-47-45-30-28-26-23-20-17-14-11-8-5-2/h7,10,16-17,19-20,25-28,31-32,34-35,45,47,78-80,84-85H,4-6,8-9,11-15,18,21-24,29-30,33,36-44,46,48-77H2,1-3H3,(H,89,90)(H,91,92)/b10-7-,19-16-,20-17-,27-25-,28-26-,32-31-,35-34-,47-45-. The predicted octanol–water partition coefficient (Wildman–Crippen LogP) is 23.8. The van der Waals surface area contributed by atoms with E-state index >= 15 is 0 Å². The number of phosphoric acid groups is 2. The first-order chi connectivity index (χ1) is 49.2.